The summed E-state index contributed by atoms with van der Waals surface area (Å²) >= 11 is 0. The first-order valence-electron chi connectivity index (χ1n) is 5.50. The average Bonchev–Trinajstić information content (AvgIpc) is 2.14. The molecule has 0 saturated carbocycles. The first kappa shape index (κ1) is 15.5. The van der Waals surface area contributed by atoms with Gasteiger partial charge in [-0.2, -0.15) is 0 Å². The third-order valence-electron chi connectivity index (χ3n) is 2.02. The van der Waals surface area contributed by atoms with Gasteiger partial charge in [0, 0.05) is 12.8 Å². The van der Waals surface area contributed by atoms with Crippen molar-refractivity contribution >= 4 is 13.5 Å². The maximum Gasteiger partial charge on any atom is 0.404 e. The SMILES string of the molecule is CCCCOP(C)(=O)CC(C)COC(N)=O. The van der Waals surface area contributed by atoms with Crippen molar-refractivity contribution in [2.75, 3.05) is 26.0 Å². The summed E-state index contributed by atoms with van der Waals surface area (Å²) in [7, 11) is -2.57. The molecule has 0 heterocycles. The van der Waals surface area contributed by atoms with Crippen LogP contribution in [-0.2, 0) is 13.8 Å². The molecule has 0 saturated heterocycles. The van der Waals surface area contributed by atoms with E-state index in [0.717, 1.165) is 12.8 Å². The summed E-state index contributed by atoms with van der Waals surface area (Å²) in [6.07, 6.45) is 1.53. The molecule has 0 aliphatic carbocycles. The van der Waals surface area contributed by atoms with Gasteiger partial charge in [0.05, 0.1) is 13.2 Å². The molecule has 5 nitrogen and oxygen atoms in total. The van der Waals surface area contributed by atoms with Gasteiger partial charge >= 0.3 is 6.09 Å². The number of ether oxygens (including phenoxy) is 1. The molecule has 2 unspecified atom stereocenters. The van der Waals surface area contributed by atoms with Gasteiger partial charge in [0.2, 0.25) is 7.37 Å². The fourth-order valence-electron chi connectivity index (χ4n) is 1.30. The van der Waals surface area contributed by atoms with E-state index in [1.807, 2.05) is 13.8 Å². The van der Waals surface area contributed by atoms with Crippen molar-refractivity contribution in [3.8, 4) is 0 Å². The Balaban J connectivity index is 3.85. The number of unbranched alkanes of at least 4 members (excludes halogenated alkanes) is 1. The summed E-state index contributed by atoms with van der Waals surface area (Å²) in [5, 5.41) is 0. The number of carbonyl (C=O) groups is 1. The number of amides is 1. The Morgan fingerprint density at radius 2 is 2.12 bits per heavy atom. The van der Waals surface area contributed by atoms with Gasteiger partial charge in [0.15, 0.2) is 0 Å². The summed E-state index contributed by atoms with van der Waals surface area (Å²) in [5.41, 5.74) is 4.84. The van der Waals surface area contributed by atoms with Crippen LogP contribution in [0, 0.1) is 5.92 Å². The third kappa shape index (κ3) is 8.74. The Morgan fingerprint density at radius 3 is 2.62 bits per heavy atom. The molecule has 96 valence electrons. The monoisotopic (exact) mass is 251 g/mol. The zero-order valence-corrected chi connectivity index (χ0v) is 11.2. The van der Waals surface area contributed by atoms with Crippen molar-refractivity contribution in [1.82, 2.24) is 0 Å². The van der Waals surface area contributed by atoms with Crippen molar-refractivity contribution in [3.05, 3.63) is 0 Å². The smallest absolute Gasteiger partial charge is 0.404 e. The molecule has 0 spiro atoms. The van der Waals surface area contributed by atoms with Crippen LogP contribution in [0.25, 0.3) is 0 Å². The molecule has 0 aromatic carbocycles. The number of hydrogen-bond donors (Lipinski definition) is 1. The molecule has 0 aliphatic rings. The minimum atomic E-state index is -2.57. The van der Waals surface area contributed by atoms with Crippen LogP contribution in [0.1, 0.15) is 26.7 Å². The predicted molar refractivity (Wildman–Crippen MR) is 64.0 cm³/mol. The Kier molecular flexibility index (Phi) is 7.43. The van der Waals surface area contributed by atoms with Crippen LogP contribution in [-0.4, -0.2) is 32.1 Å². The number of carbonyl (C=O) groups excluding carboxylic acids is 1. The highest BCUT2D eigenvalue weighted by atomic mass is 31.2. The van der Waals surface area contributed by atoms with E-state index in [0.29, 0.717) is 12.8 Å². The standard InChI is InChI=1S/C10H22NO4P/c1-4-5-6-15-16(3,13)8-9(2)7-14-10(11)12/h9H,4-8H2,1-3H3,(H2,11,12). The van der Waals surface area contributed by atoms with Crippen LogP contribution in [0.2, 0.25) is 0 Å². The van der Waals surface area contributed by atoms with Gasteiger partial charge in [-0.3, -0.25) is 4.57 Å². The second-order valence-electron chi connectivity index (χ2n) is 4.12. The summed E-state index contributed by atoms with van der Waals surface area (Å²) < 4.78 is 21.9. The Hall–Kier alpha value is -0.540. The van der Waals surface area contributed by atoms with Crippen molar-refractivity contribution in [2.45, 2.75) is 26.7 Å². The van der Waals surface area contributed by atoms with Gasteiger partial charge in [0.1, 0.15) is 0 Å². The van der Waals surface area contributed by atoms with Crippen LogP contribution >= 0.6 is 7.37 Å². The molecule has 16 heavy (non-hydrogen) atoms. The van der Waals surface area contributed by atoms with E-state index < -0.39 is 13.5 Å². The first-order valence-corrected chi connectivity index (χ1v) is 7.76. The molecule has 0 aliphatic heterocycles. The highest BCUT2D eigenvalue weighted by molar-refractivity contribution is 7.58. The van der Waals surface area contributed by atoms with Crippen molar-refractivity contribution < 1.29 is 18.6 Å². The first-order chi connectivity index (χ1) is 7.37. The zero-order valence-electron chi connectivity index (χ0n) is 10.3. The van der Waals surface area contributed by atoms with Crippen molar-refractivity contribution in [2.24, 2.45) is 11.7 Å². The quantitative estimate of drug-likeness (QED) is 0.531. The van der Waals surface area contributed by atoms with E-state index in [-0.39, 0.29) is 12.5 Å². The maximum atomic E-state index is 11.9. The van der Waals surface area contributed by atoms with Gasteiger partial charge in [0.25, 0.3) is 0 Å². The molecule has 1 amide bonds. The second kappa shape index (κ2) is 7.69. The molecule has 2 atom stereocenters. The van der Waals surface area contributed by atoms with E-state index in [4.69, 9.17) is 10.3 Å². The van der Waals surface area contributed by atoms with E-state index >= 15 is 0 Å². The van der Waals surface area contributed by atoms with E-state index in [9.17, 15) is 9.36 Å². The predicted octanol–water partition coefficient (Wildman–Crippen LogP) is 2.44. The molecule has 0 aromatic rings. The molecule has 6 heteroatoms. The van der Waals surface area contributed by atoms with Gasteiger partial charge in [-0.25, -0.2) is 4.79 Å². The number of primary amides is 1. The van der Waals surface area contributed by atoms with Gasteiger partial charge in [-0.05, 0) is 12.3 Å². The normalized spacial score (nSPS) is 16.4. The average molecular weight is 251 g/mol. The number of hydrogen-bond acceptors (Lipinski definition) is 4. The van der Waals surface area contributed by atoms with Gasteiger partial charge in [-0.15, -0.1) is 0 Å². The lowest BCUT2D eigenvalue weighted by atomic mass is 10.2. The number of nitrogens with two attached hydrogens (primary N) is 1. The second-order valence-corrected chi connectivity index (χ2v) is 6.77. The van der Waals surface area contributed by atoms with Crippen LogP contribution in [0.3, 0.4) is 0 Å². The lowest BCUT2D eigenvalue weighted by Gasteiger charge is -2.17. The van der Waals surface area contributed by atoms with Crippen LogP contribution in [0.4, 0.5) is 4.79 Å². The molecule has 0 bridgehead atoms. The lowest BCUT2D eigenvalue weighted by Crippen LogP contribution is -2.19. The maximum absolute atomic E-state index is 11.9. The minimum Gasteiger partial charge on any atom is -0.449 e. The highest BCUT2D eigenvalue weighted by Crippen LogP contribution is 2.44. The molecular formula is C10H22NO4P. The van der Waals surface area contributed by atoms with E-state index in [1.165, 1.54) is 0 Å². The van der Waals surface area contributed by atoms with Crippen LogP contribution in [0.15, 0.2) is 0 Å². The van der Waals surface area contributed by atoms with Crippen molar-refractivity contribution in [3.63, 3.8) is 0 Å². The Morgan fingerprint density at radius 1 is 1.50 bits per heavy atom. The molecule has 0 rings (SSSR count). The third-order valence-corrected chi connectivity index (χ3v) is 4.03. The minimum absolute atomic E-state index is 0.00930. The van der Waals surface area contributed by atoms with Gasteiger partial charge < -0.3 is 15.0 Å². The van der Waals surface area contributed by atoms with E-state index in [2.05, 4.69) is 4.74 Å². The summed E-state index contributed by atoms with van der Waals surface area (Å²) in [6, 6.07) is 0. The Labute approximate surface area is 97.1 Å². The Bertz CT molecular complexity index is 257. The molecule has 0 radical (unpaired) electrons. The lowest BCUT2D eigenvalue weighted by molar-refractivity contribution is 0.142. The molecule has 2 N–H and O–H groups in total. The summed E-state index contributed by atoms with van der Waals surface area (Å²) in [5.74, 6) is -0.00930. The van der Waals surface area contributed by atoms with Crippen LogP contribution < -0.4 is 5.73 Å². The highest BCUT2D eigenvalue weighted by Gasteiger charge is 2.20. The molecule has 0 aromatic heterocycles. The van der Waals surface area contributed by atoms with Gasteiger partial charge in [-0.1, -0.05) is 20.3 Å². The topological polar surface area (TPSA) is 78.6 Å². The van der Waals surface area contributed by atoms with Crippen LogP contribution in [0.5, 0.6) is 0 Å². The summed E-state index contributed by atoms with van der Waals surface area (Å²) in [6.45, 7) is 6.22. The van der Waals surface area contributed by atoms with Crippen molar-refractivity contribution in [1.29, 1.82) is 0 Å². The fraction of sp³-hybridized carbons (Fsp3) is 0.900. The number of rotatable bonds is 8. The van der Waals surface area contributed by atoms with E-state index in [1.54, 1.807) is 6.66 Å². The zero-order chi connectivity index (χ0) is 12.6. The fourth-order valence-corrected chi connectivity index (χ4v) is 3.16. The largest absolute Gasteiger partial charge is 0.449 e. The molecule has 0 fully saturated rings. The summed E-state index contributed by atoms with van der Waals surface area (Å²) in [4.78, 5) is 10.4. The molecular weight excluding hydrogens is 229 g/mol.